The van der Waals surface area contributed by atoms with Crippen molar-refractivity contribution < 1.29 is 9.90 Å². The number of H-pyrrole nitrogens is 1. The molecule has 2 aromatic carbocycles. The average Bonchev–Trinajstić information content (AvgIpc) is 3.46. The molecule has 0 fully saturated rings. The number of carboxylic acid groups (broad SMARTS) is 1. The van der Waals surface area contributed by atoms with Crippen LogP contribution >= 0.6 is 0 Å². The first-order chi connectivity index (χ1) is 16.5. The predicted molar refractivity (Wildman–Crippen MR) is 131 cm³/mol. The predicted octanol–water partition coefficient (Wildman–Crippen LogP) is 4.54. The number of hydrogen-bond donors (Lipinski definition) is 2. The van der Waals surface area contributed by atoms with E-state index in [-0.39, 0.29) is 0 Å². The number of imidazole rings is 1. The highest BCUT2D eigenvalue weighted by molar-refractivity contribution is 5.88. The van der Waals surface area contributed by atoms with Crippen molar-refractivity contribution in [3.8, 4) is 22.5 Å². The standard InChI is InChI=1S/C25H31N7O2/c1-4-5-6-7-12-22(25(33)34)32-21-14-13-17(15-20(21)26-23(32)16-31(2)3)18-10-8-9-11-19(18)24-27-29-30-28-24/h8-11,13-15,22H,4-7,12,16H2,1-3H3,(H,33,34)(H,27,28,29,30). The van der Waals surface area contributed by atoms with Crippen LogP contribution in [0.5, 0.6) is 0 Å². The molecular formula is C25H31N7O2. The van der Waals surface area contributed by atoms with Crippen LogP contribution in [0.2, 0.25) is 0 Å². The Kier molecular flexibility index (Phi) is 7.32. The fourth-order valence-corrected chi connectivity index (χ4v) is 4.39. The van der Waals surface area contributed by atoms with Crippen LogP contribution in [0.25, 0.3) is 33.5 Å². The van der Waals surface area contributed by atoms with Crippen LogP contribution < -0.4 is 0 Å². The van der Waals surface area contributed by atoms with Crippen molar-refractivity contribution in [1.82, 2.24) is 35.1 Å². The lowest BCUT2D eigenvalue weighted by molar-refractivity contribution is -0.141. The first-order valence-corrected chi connectivity index (χ1v) is 11.7. The number of aromatic nitrogens is 6. The van der Waals surface area contributed by atoms with Crippen LogP contribution in [-0.4, -0.2) is 60.2 Å². The minimum atomic E-state index is -0.817. The molecule has 9 nitrogen and oxygen atoms in total. The Bertz CT molecular complexity index is 1250. The number of fused-ring (bicyclic) bond motifs is 1. The number of hydrogen-bond acceptors (Lipinski definition) is 6. The quantitative estimate of drug-likeness (QED) is 0.315. The third kappa shape index (κ3) is 4.99. The van der Waals surface area contributed by atoms with Crippen molar-refractivity contribution in [3.05, 3.63) is 48.3 Å². The van der Waals surface area contributed by atoms with Crippen LogP contribution in [0.4, 0.5) is 0 Å². The molecule has 0 aliphatic rings. The maximum absolute atomic E-state index is 12.3. The highest BCUT2D eigenvalue weighted by Crippen LogP contribution is 2.33. The highest BCUT2D eigenvalue weighted by atomic mass is 16.4. The van der Waals surface area contributed by atoms with E-state index in [1.54, 1.807) is 0 Å². The third-order valence-electron chi connectivity index (χ3n) is 5.97. The van der Waals surface area contributed by atoms with Crippen molar-refractivity contribution in [3.63, 3.8) is 0 Å². The number of benzene rings is 2. The van der Waals surface area contributed by atoms with Crippen LogP contribution in [0, 0.1) is 0 Å². The van der Waals surface area contributed by atoms with Gasteiger partial charge >= 0.3 is 5.97 Å². The Labute approximate surface area is 198 Å². The Morgan fingerprint density at radius 1 is 1.12 bits per heavy atom. The highest BCUT2D eigenvalue weighted by Gasteiger charge is 2.25. The second-order valence-electron chi connectivity index (χ2n) is 8.82. The molecule has 178 valence electrons. The van der Waals surface area contributed by atoms with E-state index in [1.807, 2.05) is 66.0 Å². The number of unbranched alkanes of at least 4 members (excludes halogenated alkanes) is 3. The number of aliphatic carboxylic acids is 1. The Balaban J connectivity index is 1.78. The molecule has 1 unspecified atom stereocenters. The Hall–Kier alpha value is -3.59. The van der Waals surface area contributed by atoms with E-state index in [2.05, 4.69) is 27.5 Å². The summed E-state index contributed by atoms with van der Waals surface area (Å²) < 4.78 is 1.92. The zero-order valence-electron chi connectivity index (χ0n) is 19.9. The summed E-state index contributed by atoms with van der Waals surface area (Å²) in [6, 6.07) is 13.2. The van der Waals surface area contributed by atoms with Crippen LogP contribution in [-0.2, 0) is 11.3 Å². The second-order valence-corrected chi connectivity index (χ2v) is 8.82. The SMILES string of the molecule is CCCCCCC(C(=O)O)n1c(CN(C)C)nc2cc(-c3ccccc3-c3nn[nH]n3)ccc21. The number of tetrazole rings is 1. The topological polar surface area (TPSA) is 113 Å². The first-order valence-electron chi connectivity index (χ1n) is 11.7. The summed E-state index contributed by atoms with van der Waals surface area (Å²) in [7, 11) is 3.93. The fraction of sp³-hybridized carbons (Fsp3) is 0.400. The second kappa shape index (κ2) is 10.6. The van der Waals surface area contributed by atoms with Gasteiger partial charge < -0.3 is 14.6 Å². The molecule has 0 saturated heterocycles. The third-order valence-corrected chi connectivity index (χ3v) is 5.97. The smallest absolute Gasteiger partial charge is 0.326 e. The molecule has 1 atom stereocenters. The van der Waals surface area contributed by atoms with E-state index in [4.69, 9.17) is 4.98 Å². The summed E-state index contributed by atoms with van der Waals surface area (Å²) in [5.41, 5.74) is 4.40. The maximum atomic E-state index is 12.3. The number of nitrogens with zero attached hydrogens (tertiary/aromatic N) is 6. The zero-order chi connectivity index (χ0) is 24.1. The molecule has 4 aromatic rings. The summed E-state index contributed by atoms with van der Waals surface area (Å²) in [6.45, 7) is 2.71. The summed E-state index contributed by atoms with van der Waals surface area (Å²) in [6.07, 6.45) is 4.73. The number of aromatic amines is 1. The maximum Gasteiger partial charge on any atom is 0.326 e. The molecule has 0 radical (unpaired) electrons. The minimum Gasteiger partial charge on any atom is -0.480 e. The largest absolute Gasteiger partial charge is 0.480 e. The molecule has 34 heavy (non-hydrogen) atoms. The Morgan fingerprint density at radius 3 is 2.59 bits per heavy atom. The van der Waals surface area contributed by atoms with Gasteiger partial charge in [-0.1, -0.05) is 62.9 Å². The van der Waals surface area contributed by atoms with Crippen molar-refractivity contribution in [2.45, 2.75) is 51.6 Å². The molecule has 2 N–H and O–H groups in total. The lowest BCUT2D eigenvalue weighted by Gasteiger charge is -2.19. The zero-order valence-corrected chi connectivity index (χ0v) is 19.9. The van der Waals surface area contributed by atoms with Gasteiger partial charge in [-0.05, 0) is 49.0 Å². The number of carbonyl (C=O) groups is 1. The molecule has 4 rings (SSSR count). The van der Waals surface area contributed by atoms with E-state index in [0.717, 1.165) is 59.2 Å². The van der Waals surface area contributed by atoms with Crippen LogP contribution in [0.1, 0.15) is 50.9 Å². The Morgan fingerprint density at radius 2 is 1.91 bits per heavy atom. The summed E-state index contributed by atoms with van der Waals surface area (Å²) in [5, 5.41) is 24.6. The van der Waals surface area contributed by atoms with Crippen molar-refractivity contribution >= 4 is 17.0 Å². The molecule has 2 heterocycles. The molecule has 0 amide bonds. The van der Waals surface area contributed by atoms with Crippen LogP contribution in [0.3, 0.4) is 0 Å². The van der Waals surface area contributed by atoms with Crippen molar-refractivity contribution in [2.24, 2.45) is 0 Å². The molecule has 0 aliphatic heterocycles. The molecule has 0 bridgehead atoms. The van der Waals surface area contributed by atoms with E-state index >= 15 is 0 Å². The monoisotopic (exact) mass is 461 g/mol. The van der Waals surface area contributed by atoms with E-state index < -0.39 is 12.0 Å². The number of rotatable bonds is 11. The number of carboxylic acids is 1. The summed E-state index contributed by atoms with van der Waals surface area (Å²) in [5.74, 6) is 0.460. The van der Waals surface area contributed by atoms with Gasteiger partial charge in [-0.3, -0.25) is 0 Å². The molecular weight excluding hydrogens is 430 g/mol. The van der Waals surface area contributed by atoms with Gasteiger partial charge in [0.2, 0.25) is 5.82 Å². The van der Waals surface area contributed by atoms with Gasteiger partial charge in [-0.2, -0.15) is 5.21 Å². The van der Waals surface area contributed by atoms with E-state index in [0.29, 0.717) is 18.8 Å². The summed E-state index contributed by atoms with van der Waals surface area (Å²) >= 11 is 0. The summed E-state index contributed by atoms with van der Waals surface area (Å²) in [4.78, 5) is 19.2. The molecule has 0 saturated carbocycles. The molecule has 9 heteroatoms. The van der Waals surface area contributed by atoms with Crippen molar-refractivity contribution in [2.75, 3.05) is 14.1 Å². The molecule has 0 spiro atoms. The van der Waals surface area contributed by atoms with Gasteiger partial charge in [0.05, 0.1) is 17.6 Å². The molecule has 0 aliphatic carbocycles. The van der Waals surface area contributed by atoms with Gasteiger partial charge in [-0.25, -0.2) is 9.78 Å². The minimum absolute atomic E-state index is 0.521. The first kappa shape index (κ1) is 23.6. The normalized spacial score (nSPS) is 12.5. The van der Waals surface area contributed by atoms with Gasteiger partial charge in [0.1, 0.15) is 11.9 Å². The average molecular weight is 462 g/mol. The molecule has 2 aromatic heterocycles. The van der Waals surface area contributed by atoms with Crippen LogP contribution in [0.15, 0.2) is 42.5 Å². The van der Waals surface area contributed by atoms with E-state index in [9.17, 15) is 9.90 Å². The van der Waals surface area contributed by atoms with Gasteiger partial charge in [0.25, 0.3) is 0 Å². The van der Waals surface area contributed by atoms with Gasteiger partial charge in [0, 0.05) is 5.56 Å². The number of nitrogens with one attached hydrogen (secondary N) is 1. The van der Waals surface area contributed by atoms with Gasteiger partial charge in [-0.15, -0.1) is 10.2 Å². The van der Waals surface area contributed by atoms with Crippen molar-refractivity contribution in [1.29, 1.82) is 0 Å². The lowest BCUT2D eigenvalue weighted by atomic mass is 9.99. The fourth-order valence-electron chi connectivity index (χ4n) is 4.39. The lowest BCUT2D eigenvalue weighted by Crippen LogP contribution is -2.24. The van der Waals surface area contributed by atoms with E-state index in [1.165, 1.54) is 0 Å². The van der Waals surface area contributed by atoms with Gasteiger partial charge in [0.15, 0.2) is 0 Å².